The van der Waals surface area contributed by atoms with Gasteiger partial charge in [0.05, 0.1) is 6.42 Å². The molecule has 0 aromatic heterocycles. The van der Waals surface area contributed by atoms with E-state index in [2.05, 4.69) is 10.6 Å². The van der Waals surface area contributed by atoms with Crippen molar-refractivity contribution < 1.29 is 14.4 Å². The van der Waals surface area contributed by atoms with Gasteiger partial charge >= 0.3 is 0 Å². The smallest absolute Gasteiger partial charge is 0.249 e. The second-order valence-corrected chi connectivity index (χ2v) is 2.99. The van der Waals surface area contributed by atoms with Crippen molar-refractivity contribution in [3.63, 3.8) is 0 Å². The maximum atomic E-state index is 11.0. The van der Waals surface area contributed by atoms with Gasteiger partial charge in [0.1, 0.15) is 6.04 Å². The summed E-state index contributed by atoms with van der Waals surface area (Å²) in [6.45, 7) is 1.87. The van der Waals surface area contributed by atoms with E-state index in [1.807, 2.05) is 6.92 Å². The molecule has 1 unspecified atom stereocenters. The lowest BCUT2D eigenvalue weighted by Gasteiger charge is -2.07. The summed E-state index contributed by atoms with van der Waals surface area (Å²) in [7, 11) is 0. The van der Waals surface area contributed by atoms with Crippen LogP contribution in [-0.4, -0.2) is 23.8 Å². The first kappa shape index (κ1) is 9.70. The van der Waals surface area contributed by atoms with Crippen molar-refractivity contribution >= 4 is 17.7 Å². The number of amides is 3. The molecule has 0 radical (unpaired) electrons. The molecule has 1 heterocycles. The van der Waals surface area contributed by atoms with Gasteiger partial charge < -0.3 is 5.32 Å². The molecule has 0 bridgehead atoms. The van der Waals surface area contributed by atoms with E-state index in [0.29, 0.717) is 6.42 Å². The summed E-state index contributed by atoms with van der Waals surface area (Å²) in [4.78, 5) is 32.7. The van der Waals surface area contributed by atoms with Gasteiger partial charge in [-0.3, -0.25) is 19.7 Å². The zero-order valence-electron chi connectivity index (χ0n) is 7.42. The van der Waals surface area contributed by atoms with Gasteiger partial charge in [0, 0.05) is 6.42 Å². The molecular weight excluding hydrogens is 172 g/mol. The summed E-state index contributed by atoms with van der Waals surface area (Å²) in [5.74, 6) is -0.918. The molecule has 0 saturated carbocycles. The standard InChI is InChI=1S/C8H12N2O3/c1-2-3-6(11)9-5-4-7(12)10-8(5)13/h5H,2-4H2,1H3,(H,9,11)(H,10,12,13). The summed E-state index contributed by atoms with van der Waals surface area (Å²) in [5.41, 5.74) is 0. The maximum absolute atomic E-state index is 11.0. The van der Waals surface area contributed by atoms with E-state index in [9.17, 15) is 14.4 Å². The SMILES string of the molecule is CCCC(=O)NC1CC(=O)NC1=O. The van der Waals surface area contributed by atoms with E-state index in [-0.39, 0.29) is 18.2 Å². The largest absolute Gasteiger partial charge is 0.344 e. The number of carbonyl (C=O) groups is 3. The number of carbonyl (C=O) groups excluding carboxylic acids is 3. The second-order valence-electron chi connectivity index (χ2n) is 2.99. The van der Waals surface area contributed by atoms with E-state index in [0.717, 1.165) is 6.42 Å². The van der Waals surface area contributed by atoms with Crippen LogP contribution in [0, 0.1) is 0 Å². The van der Waals surface area contributed by atoms with Crippen molar-refractivity contribution in [3.05, 3.63) is 0 Å². The molecule has 2 N–H and O–H groups in total. The lowest BCUT2D eigenvalue weighted by Crippen LogP contribution is -2.39. The molecule has 1 saturated heterocycles. The van der Waals surface area contributed by atoms with Crippen LogP contribution in [0.25, 0.3) is 0 Å². The number of imide groups is 1. The number of hydrogen-bond donors (Lipinski definition) is 2. The second kappa shape index (κ2) is 4.02. The molecular formula is C8H12N2O3. The third kappa shape index (κ3) is 2.54. The highest BCUT2D eigenvalue weighted by Crippen LogP contribution is 2.01. The molecule has 1 aliphatic rings. The van der Waals surface area contributed by atoms with Crippen LogP contribution in [-0.2, 0) is 14.4 Å². The van der Waals surface area contributed by atoms with Crippen LogP contribution in [0.1, 0.15) is 26.2 Å². The van der Waals surface area contributed by atoms with Crippen LogP contribution < -0.4 is 10.6 Å². The van der Waals surface area contributed by atoms with Gasteiger partial charge in [-0.15, -0.1) is 0 Å². The number of hydrogen-bond acceptors (Lipinski definition) is 3. The first-order valence-corrected chi connectivity index (χ1v) is 4.26. The zero-order valence-corrected chi connectivity index (χ0v) is 7.42. The molecule has 5 nitrogen and oxygen atoms in total. The Morgan fingerprint density at radius 2 is 2.31 bits per heavy atom. The van der Waals surface area contributed by atoms with Crippen LogP contribution in [0.3, 0.4) is 0 Å². The molecule has 0 aromatic carbocycles. The zero-order chi connectivity index (χ0) is 9.84. The molecule has 72 valence electrons. The quantitative estimate of drug-likeness (QED) is 0.570. The van der Waals surface area contributed by atoms with Gasteiger partial charge in [-0.25, -0.2) is 0 Å². The van der Waals surface area contributed by atoms with Crippen LogP contribution in [0.15, 0.2) is 0 Å². The molecule has 3 amide bonds. The van der Waals surface area contributed by atoms with Gasteiger partial charge in [0.15, 0.2) is 0 Å². The molecule has 13 heavy (non-hydrogen) atoms. The molecule has 5 heteroatoms. The fraction of sp³-hybridized carbons (Fsp3) is 0.625. The summed E-state index contributed by atoms with van der Waals surface area (Å²) in [6, 6.07) is -0.661. The van der Waals surface area contributed by atoms with Crippen molar-refractivity contribution in [2.24, 2.45) is 0 Å². The molecule has 1 fully saturated rings. The van der Waals surface area contributed by atoms with Gasteiger partial charge in [-0.05, 0) is 6.42 Å². The van der Waals surface area contributed by atoms with Crippen molar-refractivity contribution in [1.82, 2.24) is 10.6 Å². The third-order valence-electron chi connectivity index (χ3n) is 1.78. The normalized spacial score (nSPS) is 21.5. The fourth-order valence-electron chi connectivity index (χ4n) is 1.16. The van der Waals surface area contributed by atoms with Crippen LogP contribution in [0.5, 0.6) is 0 Å². The average molecular weight is 184 g/mol. The summed E-state index contributed by atoms with van der Waals surface area (Å²) >= 11 is 0. The van der Waals surface area contributed by atoms with E-state index < -0.39 is 11.9 Å². The Hall–Kier alpha value is -1.39. The predicted octanol–water partition coefficient (Wildman–Crippen LogP) is -0.682. The first-order chi connectivity index (χ1) is 6.13. The lowest BCUT2D eigenvalue weighted by atomic mass is 10.2. The Morgan fingerprint density at radius 1 is 1.62 bits per heavy atom. The predicted molar refractivity (Wildman–Crippen MR) is 44.6 cm³/mol. The highest BCUT2D eigenvalue weighted by atomic mass is 16.2. The Bertz CT molecular complexity index is 250. The van der Waals surface area contributed by atoms with E-state index in [4.69, 9.17) is 0 Å². The third-order valence-corrected chi connectivity index (χ3v) is 1.78. The Kier molecular flexibility index (Phi) is 3.00. The minimum atomic E-state index is -0.661. The van der Waals surface area contributed by atoms with Gasteiger partial charge in [0.2, 0.25) is 17.7 Å². The van der Waals surface area contributed by atoms with Gasteiger partial charge in [-0.2, -0.15) is 0 Å². The fourth-order valence-corrected chi connectivity index (χ4v) is 1.16. The minimum absolute atomic E-state index is 0.0638. The Labute approximate surface area is 75.9 Å². The lowest BCUT2D eigenvalue weighted by molar-refractivity contribution is -0.128. The van der Waals surface area contributed by atoms with E-state index in [1.54, 1.807) is 0 Å². The van der Waals surface area contributed by atoms with Crippen LogP contribution >= 0.6 is 0 Å². The Morgan fingerprint density at radius 3 is 2.77 bits per heavy atom. The highest BCUT2D eigenvalue weighted by Gasteiger charge is 2.31. The molecule has 1 atom stereocenters. The van der Waals surface area contributed by atoms with Crippen molar-refractivity contribution in [2.75, 3.05) is 0 Å². The summed E-state index contributed by atoms with van der Waals surface area (Å²) < 4.78 is 0. The van der Waals surface area contributed by atoms with E-state index >= 15 is 0 Å². The highest BCUT2D eigenvalue weighted by molar-refractivity contribution is 6.06. The molecule has 1 aliphatic heterocycles. The van der Waals surface area contributed by atoms with Crippen molar-refractivity contribution in [3.8, 4) is 0 Å². The topological polar surface area (TPSA) is 75.3 Å². The molecule has 0 aromatic rings. The van der Waals surface area contributed by atoms with Crippen molar-refractivity contribution in [1.29, 1.82) is 0 Å². The maximum Gasteiger partial charge on any atom is 0.249 e. The number of rotatable bonds is 3. The first-order valence-electron chi connectivity index (χ1n) is 4.26. The van der Waals surface area contributed by atoms with E-state index in [1.165, 1.54) is 0 Å². The molecule has 0 spiro atoms. The van der Waals surface area contributed by atoms with Crippen LogP contribution in [0.2, 0.25) is 0 Å². The monoisotopic (exact) mass is 184 g/mol. The van der Waals surface area contributed by atoms with Gasteiger partial charge in [-0.1, -0.05) is 6.92 Å². The van der Waals surface area contributed by atoms with Crippen LogP contribution in [0.4, 0.5) is 0 Å². The van der Waals surface area contributed by atoms with Crippen molar-refractivity contribution in [2.45, 2.75) is 32.2 Å². The summed E-state index contributed by atoms with van der Waals surface area (Å²) in [5, 5.41) is 4.61. The average Bonchev–Trinajstić information content (AvgIpc) is 2.30. The van der Waals surface area contributed by atoms with Gasteiger partial charge in [0.25, 0.3) is 0 Å². The molecule has 1 rings (SSSR count). The number of nitrogens with one attached hydrogen (secondary N) is 2. The summed E-state index contributed by atoms with van der Waals surface area (Å²) in [6.07, 6.45) is 1.18. The Balaban J connectivity index is 2.41. The molecule has 0 aliphatic carbocycles. The minimum Gasteiger partial charge on any atom is -0.344 e.